The summed E-state index contributed by atoms with van der Waals surface area (Å²) in [6, 6.07) is 13.5. The molecule has 8 heteroatoms. The fourth-order valence-corrected chi connectivity index (χ4v) is 3.90. The molecule has 170 valence electrons. The lowest BCUT2D eigenvalue weighted by molar-refractivity contribution is 0.0115. The molecule has 0 saturated heterocycles. The molecule has 1 aromatic heterocycles. The zero-order valence-electron chi connectivity index (χ0n) is 18.4. The van der Waals surface area contributed by atoms with Crippen LogP contribution < -0.4 is 9.47 Å². The third-order valence-corrected chi connectivity index (χ3v) is 5.55. The van der Waals surface area contributed by atoms with E-state index < -0.39 is 12.2 Å². The van der Waals surface area contributed by atoms with Crippen LogP contribution in [0.3, 0.4) is 0 Å². The van der Waals surface area contributed by atoms with Crippen LogP contribution in [-0.4, -0.2) is 39.2 Å². The Hall–Kier alpha value is -3.58. The van der Waals surface area contributed by atoms with Crippen molar-refractivity contribution in [2.45, 2.75) is 39.6 Å². The largest absolute Gasteiger partial charge is 0.491 e. The third kappa shape index (κ3) is 4.78. The number of hydrogen-bond donors (Lipinski definition) is 1. The van der Waals surface area contributed by atoms with E-state index >= 15 is 0 Å². The number of aromatic nitrogens is 1. The van der Waals surface area contributed by atoms with Crippen molar-refractivity contribution in [2.24, 2.45) is 0 Å². The Bertz CT molecular complexity index is 1230. The lowest BCUT2D eigenvalue weighted by atomic mass is 10.0. The number of carbonyl (C=O) groups is 2. The number of fused-ring (bicyclic) bond motifs is 1. The fourth-order valence-electron chi connectivity index (χ4n) is 3.65. The van der Waals surface area contributed by atoms with Gasteiger partial charge in [-0.3, -0.25) is 9.69 Å². The molecular weight excluding hydrogens is 444 g/mol. The first-order valence-electron chi connectivity index (χ1n) is 10.5. The van der Waals surface area contributed by atoms with Gasteiger partial charge >= 0.3 is 5.97 Å². The van der Waals surface area contributed by atoms with E-state index in [-0.39, 0.29) is 24.1 Å². The Labute approximate surface area is 196 Å². The number of carbonyl (C=O) groups excluding carboxylic acids is 1. The number of carboxylic acids is 1. The number of pyridine rings is 1. The van der Waals surface area contributed by atoms with Crippen molar-refractivity contribution in [1.29, 1.82) is 0 Å². The van der Waals surface area contributed by atoms with Crippen LogP contribution in [0.15, 0.2) is 54.7 Å². The molecule has 7 nitrogen and oxygen atoms in total. The molecule has 0 spiro atoms. The minimum Gasteiger partial charge on any atom is -0.491 e. The molecular formula is C25H23ClN2O5. The number of amides is 1. The number of halogens is 1. The van der Waals surface area contributed by atoms with E-state index in [1.807, 2.05) is 26.0 Å². The summed E-state index contributed by atoms with van der Waals surface area (Å²) in [6.07, 6.45) is 1.09. The molecule has 1 amide bonds. The van der Waals surface area contributed by atoms with Crippen molar-refractivity contribution in [3.8, 4) is 22.8 Å². The van der Waals surface area contributed by atoms with Crippen LogP contribution in [0.4, 0.5) is 0 Å². The number of hydrogen-bond acceptors (Lipinski definition) is 5. The van der Waals surface area contributed by atoms with Gasteiger partial charge in [0.05, 0.1) is 28.8 Å². The Morgan fingerprint density at radius 2 is 1.97 bits per heavy atom. The summed E-state index contributed by atoms with van der Waals surface area (Å²) >= 11 is 6.39. The molecule has 1 aliphatic rings. The van der Waals surface area contributed by atoms with Crippen LogP contribution in [0.1, 0.15) is 47.1 Å². The van der Waals surface area contributed by atoms with Crippen LogP contribution in [0, 0.1) is 0 Å². The van der Waals surface area contributed by atoms with E-state index in [2.05, 4.69) is 4.98 Å². The number of benzene rings is 2. The predicted molar refractivity (Wildman–Crippen MR) is 124 cm³/mol. The van der Waals surface area contributed by atoms with Gasteiger partial charge in [0.1, 0.15) is 5.75 Å². The molecule has 0 radical (unpaired) electrons. The molecule has 0 fully saturated rings. The summed E-state index contributed by atoms with van der Waals surface area (Å²) in [5, 5.41) is 9.56. The van der Waals surface area contributed by atoms with E-state index in [0.29, 0.717) is 27.8 Å². The lowest BCUT2D eigenvalue weighted by Gasteiger charge is -2.34. The van der Waals surface area contributed by atoms with Gasteiger partial charge in [0.2, 0.25) is 5.88 Å². The smallest absolute Gasteiger partial charge is 0.335 e. The summed E-state index contributed by atoms with van der Waals surface area (Å²) in [4.78, 5) is 30.6. The zero-order chi connectivity index (χ0) is 23.7. The first kappa shape index (κ1) is 22.6. The summed E-state index contributed by atoms with van der Waals surface area (Å²) in [5.41, 5.74) is 2.70. The Morgan fingerprint density at radius 3 is 2.67 bits per heavy atom. The maximum Gasteiger partial charge on any atom is 0.335 e. The molecule has 2 aromatic carbocycles. The van der Waals surface area contributed by atoms with Crippen LogP contribution in [0.25, 0.3) is 11.1 Å². The average Bonchev–Trinajstić information content (AvgIpc) is 2.77. The van der Waals surface area contributed by atoms with Crippen molar-refractivity contribution in [3.05, 3.63) is 76.4 Å². The Balaban J connectivity index is 1.61. The number of carboxylic acid groups (broad SMARTS) is 1. The SMILES string of the molecule is CC(C)Oc1ccc(C(=O)N2Cc3cc(-c4cccc(C(=O)O)c4)cnc3OC2C)c(Cl)c1. The van der Waals surface area contributed by atoms with Crippen LogP contribution in [-0.2, 0) is 6.54 Å². The summed E-state index contributed by atoms with van der Waals surface area (Å²) in [6.45, 7) is 5.88. The van der Waals surface area contributed by atoms with Gasteiger partial charge < -0.3 is 14.6 Å². The van der Waals surface area contributed by atoms with Gasteiger partial charge in [-0.1, -0.05) is 23.7 Å². The molecule has 0 bridgehead atoms. The first-order valence-corrected chi connectivity index (χ1v) is 10.9. The molecule has 0 aliphatic carbocycles. The summed E-state index contributed by atoms with van der Waals surface area (Å²) in [7, 11) is 0. The van der Waals surface area contributed by atoms with Crippen LogP contribution >= 0.6 is 11.6 Å². The second kappa shape index (κ2) is 9.11. The van der Waals surface area contributed by atoms with Crippen molar-refractivity contribution < 1.29 is 24.2 Å². The predicted octanol–water partition coefficient (Wildman–Crippen LogP) is 5.27. The highest BCUT2D eigenvalue weighted by atomic mass is 35.5. The summed E-state index contributed by atoms with van der Waals surface area (Å²) < 4.78 is 11.5. The molecule has 0 saturated carbocycles. The normalized spacial score (nSPS) is 15.1. The maximum atomic E-state index is 13.3. The minimum atomic E-state index is -1.00. The van der Waals surface area contributed by atoms with E-state index in [0.717, 1.165) is 11.1 Å². The number of aromatic carboxylic acids is 1. The standard InChI is InChI=1S/C25H23ClN2O5/c1-14(2)32-20-7-8-21(22(26)11-20)24(29)28-13-19-10-18(12-27-23(19)33-15(28)3)16-5-4-6-17(9-16)25(30)31/h4-12,14-15H,13H2,1-3H3,(H,30,31). The molecule has 33 heavy (non-hydrogen) atoms. The van der Waals surface area contributed by atoms with Crippen molar-refractivity contribution in [1.82, 2.24) is 9.88 Å². The van der Waals surface area contributed by atoms with Gasteiger partial charge in [-0.2, -0.15) is 0 Å². The number of nitrogens with zero attached hydrogens (tertiary/aromatic N) is 2. The van der Waals surface area contributed by atoms with Crippen molar-refractivity contribution in [3.63, 3.8) is 0 Å². The van der Waals surface area contributed by atoms with Gasteiger partial charge in [0, 0.05) is 17.3 Å². The third-order valence-electron chi connectivity index (χ3n) is 5.23. The topological polar surface area (TPSA) is 89.0 Å². The van der Waals surface area contributed by atoms with Gasteiger partial charge in [-0.25, -0.2) is 9.78 Å². The average molecular weight is 467 g/mol. The van der Waals surface area contributed by atoms with Gasteiger partial charge in [0.15, 0.2) is 6.23 Å². The molecule has 2 heterocycles. The first-order chi connectivity index (χ1) is 15.7. The van der Waals surface area contributed by atoms with E-state index in [4.69, 9.17) is 21.1 Å². The lowest BCUT2D eigenvalue weighted by Crippen LogP contribution is -2.44. The van der Waals surface area contributed by atoms with Gasteiger partial charge in [-0.15, -0.1) is 0 Å². The van der Waals surface area contributed by atoms with Crippen molar-refractivity contribution >= 4 is 23.5 Å². The van der Waals surface area contributed by atoms with E-state index in [1.165, 1.54) is 6.07 Å². The second-order valence-corrected chi connectivity index (χ2v) is 8.44. The number of ether oxygens (including phenoxy) is 2. The van der Waals surface area contributed by atoms with E-state index in [1.54, 1.807) is 48.4 Å². The highest BCUT2D eigenvalue weighted by Gasteiger charge is 2.31. The maximum absolute atomic E-state index is 13.3. The van der Waals surface area contributed by atoms with Crippen LogP contribution in [0.2, 0.25) is 5.02 Å². The zero-order valence-corrected chi connectivity index (χ0v) is 19.2. The Morgan fingerprint density at radius 1 is 1.18 bits per heavy atom. The molecule has 3 aromatic rings. The molecule has 1 N–H and O–H groups in total. The molecule has 1 atom stereocenters. The molecule has 1 unspecified atom stereocenters. The molecule has 1 aliphatic heterocycles. The second-order valence-electron chi connectivity index (χ2n) is 8.03. The Kier molecular flexibility index (Phi) is 6.24. The monoisotopic (exact) mass is 466 g/mol. The fraction of sp³-hybridized carbons (Fsp3) is 0.240. The van der Waals surface area contributed by atoms with Gasteiger partial charge in [-0.05, 0) is 62.7 Å². The highest BCUT2D eigenvalue weighted by molar-refractivity contribution is 6.34. The van der Waals surface area contributed by atoms with Gasteiger partial charge in [0.25, 0.3) is 5.91 Å². The van der Waals surface area contributed by atoms with E-state index in [9.17, 15) is 14.7 Å². The quantitative estimate of drug-likeness (QED) is 0.551. The molecule has 4 rings (SSSR count). The van der Waals surface area contributed by atoms with Crippen molar-refractivity contribution in [2.75, 3.05) is 0 Å². The minimum absolute atomic E-state index is 0.00692. The number of rotatable bonds is 5. The highest BCUT2D eigenvalue weighted by Crippen LogP contribution is 2.32. The summed E-state index contributed by atoms with van der Waals surface area (Å²) in [5.74, 6) is -0.236. The van der Waals surface area contributed by atoms with Crippen LogP contribution in [0.5, 0.6) is 11.6 Å².